The lowest BCUT2D eigenvalue weighted by molar-refractivity contribution is 0.380. The molecule has 0 fully saturated rings. The minimum Gasteiger partial charge on any atom is -0.513 e. The molecule has 0 saturated heterocycles. The SMILES string of the molecule is C=C(O)CC(=C)N(C)C. The molecule has 0 aliphatic heterocycles. The quantitative estimate of drug-likeness (QED) is 0.581. The van der Waals surface area contributed by atoms with Crippen LogP contribution in [-0.2, 0) is 0 Å². The molecule has 0 saturated carbocycles. The van der Waals surface area contributed by atoms with Crippen molar-refractivity contribution >= 4 is 0 Å². The largest absolute Gasteiger partial charge is 0.513 e. The molecule has 9 heavy (non-hydrogen) atoms. The second kappa shape index (κ2) is 3.17. The maximum Gasteiger partial charge on any atom is 0.0909 e. The Kier molecular flexibility index (Phi) is 2.85. The summed E-state index contributed by atoms with van der Waals surface area (Å²) in [4.78, 5) is 1.85. The summed E-state index contributed by atoms with van der Waals surface area (Å²) < 4.78 is 0. The Morgan fingerprint density at radius 2 is 1.89 bits per heavy atom. The van der Waals surface area contributed by atoms with Crippen molar-refractivity contribution in [3.63, 3.8) is 0 Å². The Hall–Kier alpha value is -0.920. The van der Waals surface area contributed by atoms with Gasteiger partial charge in [0.25, 0.3) is 0 Å². The van der Waals surface area contributed by atoms with E-state index in [-0.39, 0.29) is 5.76 Å². The van der Waals surface area contributed by atoms with E-state index in [0.717, 1.165) is 5.70 Å². The molecular formula is C7H13NO. The molecule has 0 unspecified atom stereocenters. The first-order chi connectivity index (χ1) is 4.04. The van der Waals surface area contributed by atoms with Gasteiger partial charge in [0, 0.05) is 26.2 Å². The highest BCUT2D eigenvalue weighted by molar-refractivity contribution is 5.01. The Bertz CT molecular complexity index is 127. The highest BCUT2D eigenvalue weighted by Crippen LogP contribution is 2.05. The summed E-state index contributed by atoms with van der Waals surface area (Å²) >= 11 is 0. The lowest BCUT2D eigenvalue weighted by Crippen LogP contribution is -2.09. The smallest absolute Gasteiger partial charge is 0.0909 e. The van der Waals surface area contributed by atoms with Gasteiger partial charge in [0.2, 0.25) is 0 Å². The molecule has 0 spiro atoms. The molecule has 0 rings (SSSR count). The molecule has 0 radical (unpaired) electrons. The highest BCUT2D eigenvalue weighted by atomic mass is 16.3. The summed E-state index contributed by atoms with van der Waals surface area (Å²) in [5.41, 5.74) is 0.863. The number of rotatable bonds is 3. The fraction of sp³-hybridized carbons (Fsp3) is 0.429. The predicted octanol–water partition coefficient (Wildman–Crippen LogP) is 1.52. The van der Waals surface area contributed by atoms with Gasteiger partial charge in [-0.1, -0.05) is 13.2 Å². The van der Waals surface area contributed by atoms with E-state index < -0.39 is 0 Å². The van der Waals surface area contributed by atoms with Crippen LogP contribution in [0, 0.1) is 0 Å². The topological polar surface area (TPSA) is 23.5 Å². The van der Waals surface area contributed by atoms with E-state index in [4.69, 9.17) is 5.11 Å². The highest BCUT2D eigenvalue weighted by Gasteiger charge is 1.96. The van der Waals surface area contributed by atoms with Crippen molar-refractivity contribution in [3.8, 4) is 0 Å². The zero-order valence-electron chi connectivity index (χ0n) is 6.02. The fourth-order valence-corrected chi connectivity index (χ4v) is 0.394. The van der Waals surface area contributed by atoms with Crippen LogP contribution < -0.4 is 0 Å². The third-order valence-electron chi connectivity index (χ3n) is 1.04. The second-order valence-corrected chi connectivity index (χ2v) is 2.20. The molecule has 0 aromatic heterocycles. The third kappa shape index (κ3) is 3.64. The molecule has 0 heterocycles. The minimum atomic E-state index is 0.161. The van der Waals surface area contributed by atoms with Crippen LogP contribution in [0.5, 0.6) is 0 Å². The Labute approximate surface area is 56.1 Å². The van der Waals surface area contributed by atoms with Crippen LogP contribution in [0.4, 0.5) is 0 Å². The lowest BCUT2D eigenvalue weighted by Gasteiger charge is -2.14. The predicted molar refractivity (Wildman–Crippen MR) is 39.2 cm³/mol. The fourth-order valence-electron chi connectivity index (χ4n) is 0.394. The van der Waals surface area contributed by atoms with Crippen LogP contribution in [-0.4, -0.2) is 24.1 Å². The Morgan fingerprint density at radius 3 is 2.00 bits per heavy atom. The second-order valence-electron chi connectivity index (χ2n) is 2.20. The molecule has 0 aromatic carbocycles. The van der Waals surface area contributed by atoms with E-state index in [2.05, 4.69) is 13.2 Å². The van der Waals surface area contributed by atoms with Crippen LogP contribution in [0.3, 0.4) is 0 Å². The van der Waals surface area contributed by atoms with E-state index in [9.17, 15) is 0 Å². The average molecular weight is 127 g/mol. The van der Waals surface area contributed by atoms with E-state index in [1.165, 1.54) is 0 Å². The van der Waals surface area contributed by atoms with Gasteiger partial charge in [-0.15, -0.1) is 0 Å². The zero-order valence-corrected chi connectivity index (χ0v) is 6.02. The summed E-state index contributed by atoms with van der Waals surface area (Å²) in [5, 5.41) is 8.69. The van der Waals surface area contributed by atoms with Crippen molar-refractivity contribution in [2.24, 2.45) is 0 Å². The van der Waals surface area contributed by atoms with E-state index in [0.29, 0.717) is 6.42 Å². The van der Waals surface area contributed by atoms with E-state index in [1.54, 1.807) is 0 Å². The van der Waals surface area contributed by atoms with Gasteiger partial charge in [-0.3, -0.25) is 0 Å². The normalized spacial score (nSPS) is 8.67. The van der Waals surface area contributed by atoms with Gasteiger partial charge in [-0.25, -0.2) is 0 Å². The first-order valence-corrected chi connectivity index (χ1v) is 2.76. The standard InChI is InChI=1S/C7H13NO/c1-6(8(3)4)5-7(2)9/h9H,1-2,5H2,3-4H3. The van der Waals surface area contributed by atoms with Crippen molar-refractivity contribution in [1.29, 1.82) is 0 Å². The van der Waals surface area contributed by atoms with Gasteiger partial charge in [-0.2, -0.15) is 0 Å². The van der Waals surface area contributed by atoms with Gasteiger partial charge < -0.3 is 10.0 Å². The summed E-state index contributed by atoms with van der Waals surface area (Å²) in [6.45, 7) is 7.04. The van der Waals surface area contributed by atoms with Crippen LogP contribution in [0.1, 0.15) is 6.42 Å². The lowest BCUT2D eigenvalue weighted by atomic mass is 10.3. The molecule has 1 N–H and O–H groups in total. The van der Waals surface area contributed by atoms with Crippen LogP contribution in [0.2, 0.25) is 0 Å². The van der Waals surface area contributed by atoms with Crippen molar-refractivity contribution in [3.05, 3.63) is 24.6 Å². The number of hydrogen-bond acceptors (Lipinski definition) is 2. The number of aliphatic hydroxyl groups is 1. The molecule has 0 bridgehead atoms. The van der Waals surface area contributed by atoms with Gasteiger partial charge in [-0.05, 0) is 0 Å². The number of hydrogen-bond donors (Lipinski definition) is 1. The van der Waals surface area contributed by atoms with Gasteiger partial charge in [0.15, 0.2) is 0 Å². The van der Waals surface area contributed by atoms with Crippen molar-refractivity contribution in [1.82, 2.24) is 4.90 Å². The third-order valence-corrected chi connectivity index (χ3v) is 1.04. The van der Waals surface area contributed by atoms with Gasteiger partial charge in [0.1, 0.15) is 0 Å². The zero-order chi connectivity index (χ0) is 7.44. The minimum absolute atomic E-state index is 0.161. The van der Waals surface area contributed by atoms with E-state index in [1.807, 2.05) is 19.0 Å². The number of aliphatic hydroxyl groups excluding tert-OH is 1. The summed E-state index contributed by atoms with van der Waals surface area (Å²) in [6.07, 6.45) is 0.465. The van der Waals surface area contributed by atoms with Crippen molar-refractivity contribution in [2.45, 2.75) is 6.42 Å². The molecule has 0 amide bonds. The van der Waals surface area contributed by atoms with Gasteiger partial charge in [0.05, 0.1) is 5.76 Å². The molecular weight excluding hydrogens is 114 g/mol. The van der Waals surface area contributed by atoms with E-state index >= 15 is 0 Å². The first kappa shape index (κ1) is 8.08. The molecule has 0 aliphatic rings. The summed E-state index contributed by atoms with van der Waals surface area (Å²) in [7, 11) is 3.76. The monoisotopic (exact) mass is 127 g/mol. The maximum atomic E-state index is 8.69. The van der Waals surface area contributed by atoms with Crippen molar-refractivity contribution in [2.75, 3.05) is 14.1 Å². The summed E-state index contributed by atoms with van der Waals surface area (Å²) in [6, 6.07) is 0. The first-order valence-electron chi connectivity index (χ1n) is 2.76. The molecule has 2 heteroatoms. The number of nitrogens with zero attached hydrogens (tertiary/aromatic N) is 1. The molecule has 0 aliphatic carbocycles. The van der Waals surface area contributed by atoms with Crippen molar-refractivity contribution < 1.29 is 5.11 Å². The Morgan fingerprint density at radius 1 is 1.44 bits per heavy atom. The molecule has 0 atom stereocenters. The van der Waals surface area contributed by atoms with Gasteiger partial charge >= 0.3 is 0 Å². The maximum absolute atomic E-state index is 8.69. The average Bonchev–Trinajstić information content (AvgIpc) is 1.63. The Balaban J connectivity index is 3.64. The van der Waals surface area contributed by atoms with Crippen LogP contribution >= 0.6 is 0 Å². The van der Waals surface area contributed by atoms with Crippen LogP contribution in [0.25, 0.3) is 0 Å². The molecule has 0 aromatic rings. The van der Waals surface area contributed by atoms with Crippen LogP contribution in [0.15, 0.2) is 24.6 Å². The molecule has 2 nitrogen and oxygen atoms in total. The molecule has 52 valence electrons. The summed E-state index contributed by atoms with van der Waals surface area (Å²) in [5.74, 6) is 0.161.